The summed E-state index contributed by atoms with van der Waals surface area (Å²) >= 11 is 0. The van der Waals surface area contributed by atoms with Gasteiger partial charge in [-0.05, 0) is 49.8 Å². The molecular formula is C24H24FNO3. The average Bonchev–Trinajstić information content (AvgIpc) is 3.00. The van der Waals surface area contributed by atoms with Gasteiger partial charge in [0.15, 0.2) is 0 Å². The number of halogens is 1. The van der Waals surface area contributed by atoms with Crippen molar-refractivity contribution in [1.29, 1.82) is 0 Å². The smallest absolute Gasteiger partial charge is 0.309 e. The van der Waals surface area contributed by atoms with Gasteiger partial charge in [0.1, 0.15) is 11.9 Å². The average molecular weight is 393 g/mol. The number of cyclic esters (lactones) is 1. The Kier molecular flexibility index (Phi) is 5.24. The SMILES string of the molecule is CC(C)n1c(/C=C/[C@H]2C[C@H](O)CC(=O)O2)c(-c2ccc(F)cc2)c2ccccc21. The second kappa shape index (κ2) is 7.84. The van der Waals surface area contributed by atoms with Crippen molar-refractivity contribution < 1.29 is 19.0 Å². The molecule has 4 nitrogen and oxygen atoms in total. The van der Waals surface area contributed by atoms with Crippen molar-refractivity contribution in [3.05, 3.63) is 66.1 Å². The standard InChI is InChI=1S/C24H24FNO3/c1-15(2)26-21-6-4-3-5-20(21)24(16-7-9-17(25)10-8-16)22(26)12-11-19-13-18(27)14-23(28)29-19/h3-12,15,18-19,27H,13-14H2,1-2H3/b12-11+/t18-,19-/m0/s1. The van der Waals surface area contributed by atoms with E-state index in [9.17, 15) is 14.3 Å². The van der Waals surface area contributed by atoms with E-state index in [4.69, 9.17) is 4.74 Å². The highest BCUT2D eigenvalue weighted by Crippen LogP contribution is 2.38. The second-order valence-corrected chi connectivity index (χ2v) is 7.73. The Morgan fingerprint density at radius 3 is 2.59 bits per heavy atom. The Bertz CT molecular complexity index is 1070. The molecule has 1 saturated heterocycles. The summed E-state index contributed by atoms with van der Waals surface area (Å²) < 4.78 is 21.1. The molecule has 0 radical (unpaired) electrons. The number of nitrogens with zero attached hydrogens (tertiary/aromatic N) is 1. The van der Waals surface area contributed by atoms with Crippen LogP contribution in [0.5, 0.6) is 0 Å². The van der Waals surface area contributed by atoms with Crippen molar-refractivity contribution in [2.24, 2.45) is 0 Å². The lowest BCUT2D eigenvalue weighted by Gasteiger charge is -2.23. The topological polar surface area (TPSA) is 51.5 Å². The quantitative estimate of drug-likeness (QED) is 0.627. The molecule has 1 N–H and O–H groups in total. The Morgan fingerprint density at radius 2 is 1.90 bits per heavy atom. The van der Waals surface area contributed by atoms with Crippen LogP contribution in [0.25, 0.3) is 28.1 Å². The lowest BCUT2D eigenvalue weighted by Crippen LogP contribution is -2.31. The molecule has 2 aromatic carbocycles. The molecule has 0 bridgehead atoms. The van der Waals surface area contributed by atoms with Gasteiger partial charge in [-0.2, -0.15) is 0 Å². The lowest BCUT2D eigenvalue weighted by molar-refractivity contribution is -0.156. The van der Waals surface area contributed by atoms with Gasteiger partial charge in [-0.25, -0.2) is 4.39 Å². The lowest BCUT2D eigenvalue weighted by atomic mass is 10.0. The van der Waals surface area contributed by atoms with E-state index in [-0.39, 0.29) is 24.2 Å². The largest absolute Gasteiger partial charge is 0.458 e. The first-order valence-electron chi connectivity index (χ1n) is 9.88. The summed E-state index contributed by atoms with van der Waals surface area (Å²) in [5.41, 5.74) is 3.97. The number of hydrogen-bond donors (Lipinski definition) is 1. The number of fused-ring (bicyclic) bond motifs is 1. The third-order valence-electron chi connectivity index (χ3n) is 5.26. The first-order chi connectivity index (χ1) is 13.9. The molecule has 1 aliphatic heterocycles. The number of aromatic nitrogens is 1. The molecule has 29 heavy (non-hydrogen) atoms. The third-order valence-corrected chi connectivity index (χ3v) is 5.26. The van der Waals surface area contributed by atoms with Crippen molar-refractivity contribution in [2.75, 3.05) is 0 Å². The monoisotopic (exact) mass is 393 g/mol. The summed E-state index contributed by atoms with van der Waals surface area (Å²) in [5, 5.41) is 11.0. The van der Waals surface area contributed by atoms with Gasteiger partial charge >= 0.3 is 5.97 Å². The number of benzene rings is 2. The minimum absolute atomic E-state index is 0.0391. The Hall–Kier alpha value is -2.92. The van der Waals surface area contributed by atoms with Crippen LogP contribution in [0.1, 0.15) is 38.4 Å². The van der Waals surface area contributed by atoms with Crippen LogP contribution >= 0.6 is 0 Å². The Labute approximate surface area is 169 Å². The normalized spacial score (nSPS) is 20.0. The molecule has 2 atom stereocenters. The summed E-state index contributed by atoms with van der Waals surface area (Å²) in [4.78, 5) is 11.7. The van der Waals surface area contributed by atoms with Crippen LogP contribution in [0.3, 0.4) is 0 Å². The second-order valence-electron chi connectivity index (χ2n) is 7.73. The molecular weight excluding hydrogens is 369 g/mol. The van der Waals surface area contributed by atoms with Gasteiger partial charge in [0.2, 0.25) is 0 Å². The summed E-state index contributed by atoms with van der Waals surface area (Å²) in [5.74, 6) is -0.664. The number of aliphatic hydroxyl groups excluding tert-OH is 1. The van der Waals surface area contributed by atoms with Gasteiger partial charge in [0.05, 0.1) is 12.5 Å². The fraction of sp³-hybridized carbons (Fsp3) is 0.292. The molecule has 1 aliphatic rings. The maximum atomic E-state index is 13.5. The summed E-state index contributed by atoms with van der Waals surface area (Å²) in [6.07, 6.45) is 3.06. The maximum Gasteiger partial charge on any atom is 0.309 e. The zero-order chi connectivity index (χ0) is 20.5. The van der Waals surface area contributed by atoms with E-state index in [2.05, 4.69) is 30.5 Å². The fourth-order valence-electron chi connectivity index (χ4n) is 4.05. The molecule has 3 aromatic rings. The predicted molar refractivity (Wildman–Crippen MR) is 112 cm³/mol. The van der Waals surface area contributed by atoms with Gasteiger partial charge < -0.3 is 14.4 Å². The van der Waals surface area contributed by atoms with Crippen molar-refractivity contribution in [3.8, 4) is 11.1 Å². The van der Waals surface area contributed by atoms with E-state index in [1.54, 1.807) is 12.1 Å². The third kappa shape index (κ3) is 3.83. The van der Waals surface area contributed by atoms with Crippen LogP contribution in [0.4, 0.5) is 4.39 Å². The number of esters is 1. The Balaban J connectivity index is 1.88. The van der Waals surface area contributed by atoms with Crippen molar-refractivity contribution in [1.82, 2.24) is 4.57 Å². The number of rotatable bonds is 4. The van der Waals surface area contributed by atoms with E-state index < -0.39 is 12.2 Å². The van der Waals surface area contributed by atoms with E-state index in [1.165, 1.54) is 12.1 Å². The number of ether oxygens (including phenoxy) is 1. The molecule has 1 aromatic heterocycles. The molecule has 0 aliphatic carbocycles. The minimum Gasteiger partial charge on any atom is -0.458 e. The molecule has 4 rings (SSSR count). The van der Waals surface area contributed by atoms with Gasteiger partial charge in [0, 0.05) is 34.6 Å². The van der Waals surface area contributed by atoms with Crippen LogP contribution in [-0.2, 0) is 9.53 Å². The molecule has 5 heteroatoms. The van der Waals surface area contributed by atoms with Crippen molar-refractivity contribution >= 4 is 22.9 Å². The van der Waals surface area contributed by atoms with E-state index in [1.807, 2.05) is 24.3 Å². The van der Waals surface area contributed by atoms with Crippen LogP contribution in [-0.4, -0.2) is 27.9 Å². The van der Waals surface area contributed by atoms with Gasteiger partial charge in [-0.15, -0.1) is 0 Å². The molecule has 0 amide bonds. The van der Waals surface area contributed by atoms with Crippen LogP contribution in [0.2, 0.25) is 0 Å². The molecule has 150 valence electrons. The zero-order valence-electron chi connectivity index (χ0n) is 16.5. The minimum atomic E-state index is -0.682. The maximum absolute atomic E-state index is 13.5. The molecule has 2 heterocycles. The summed E-state index contributed by atoms with van der Waals surface area (Å²) in [7, 11) is 0. The highest BCUT2D eigenvalue weighted by atomic mass is 19.1. The first kappa shape index (κ1) is 19.4. The van der Waals surface area contributed by atoms with Crippen molar-refractivity contribution in [2.45, 2.75) is 44.9 Å². The number of para-hydroxylation sites is 1. The Morgan fingerprint density at radius 1 is 1.17 bits per heavy atom. The van der Waals surface area contributed by atoms with Gasteiger partial charge in [-0.3, -0.25) is 4.79 Å². The van der Waals surface area contributed by atoms with Gasteiger partial charge in [-0.1, -0.05) is 30.3 Å². The fourth-order valence-corrected chi connectivity index (χ4v) is 4.05. The van der Waals surface area contributed by atoms with Gasteiger partial charge in [0.25, 0.3) is 0 Å². The van der Waals surface area contributed by atoms with E-state index in [0.29, 0.717) is 6.42 Å². The summed E-state index contributed by atoms with van der Waals surface area (Å²) in [6.45, 7) is 4.23. The summed E-state index contributed by atoms with van der Waals surface area (Å²) in [6, 6.07) is 14.8. The number of carbonyl (C=O) groups is 1. The number of carbonyl (C=O) groups excluding carboxylic acids is 1. The van der Waals surface area contributed by atoms with Crippen LogP contribution in [0, 0.1) is 5.82 Å². The van der Waals surface area contributed by atoms with Crippen LogP contribution in [0.15, 0.2) is 54.6 Å². The zero-order valence-corrected chi connectivity index (χ0v) is 16.5. The molecule has 1 fully saturated rings. The predicted octanol–water partition coefficient (Wildman–Crippen LogP) is 5.11. The number of aliphatic hydroxyl groups is 1. The van der Waals surface area contributed by atoms with Crippen molar-refractivity contribution in [3.63, 3.8) is 0 Å². The van der Waals surface area contributed by atoms with Crippen LogP contribution < -0.4 is 0 Å². The highest BCUT2D eigenvalue weighted by Gasteiger charge is 2.26. The highest BCUT2D eigenvalue weighted by molar-refractivity contribution is 6.01. The molecule has 0 spiro atoms. The molecule has 0 unspecified atom stereocenters. The first-order valence-corrected chi connectivity index (χ1v) is 9.88. The molecule has 0 saturated carbocycles. The van der Waals surface area contributed by atoms with E-state index in [0.717, 1.165) is 27.7 Å². The number of hydrogen-bond acceptors (Lipinski definition) is 3. The van der Waals surface area contributed by atoms with E-state index >= 15 is 0 Å².